The van der Waals surface area contributed by atoms with Gasteiger partial charge in [-0.15, -0.1) is 20.4 Å². The van der Waals surface area contributed by atoms with Crippen LogP contribution in [0.2, 0.25) is 0 Å². The van der Waals surface area contributed by atoms with Gasteiger partial charge in [0.2, 0.25) is 16.2 Å². The fraction of sp³-hybridized carbons (Fsp3) is 0.143. The van der Waals surface area contributed by atoms with Crippen molar-refractivity contribution in [2.75, 3.05) is 16.4 Å². The van der Waals surface area contributed by atoms with E-state index in [0.717, 1.165) is 16.3 Å². The van der Waals surface area contributed by atoms with Crippen LogP contribution in [0.4, 0.5) is 16.0 Å². The fourth-order valence-corrected chi connectivity index (χ4v) is 4.01. The summed E-state index contributed by atoms with van der Waals surface area (Å²) in [5, 5.41) is 32.6. The van der Waals surface area contributed by atoms with Crippen LogP contribution in [-0.2, 0) is 4.79 Å². The van der Waals surface area contributed by atoms with Crippen molar-refractivity contribution in [3.8, 4) is 0 Å². The van der Waals surface area contributed by atoms with E-state index in [1.54, 1.807) is 6.92 Å². The molecule has 14 heteroatoms. The first-order valence-corrected chi connectivity index (χ1v) is 10.1. The maximum atomic E-state index is 12.2. The number of nitro benzene ring substituents is 1. The Kier molecular flexibility index (Phi) is 6.23. The van der Waals surface area contributed by atoms with E-state index in [1.165, 1.54) is 47.4 Å². The van der Waals surface area contributed by atoms with Crippen molar-refractivity contribution in [3.05, 3.63) is 45.0 Å². The zero-order chi connectivity index (χ0) is 20.1. The van der Waals surface area contributed by atoms with Gasteiger partial charge in [0.25, 0.3) is 11.6 Å². The van der Waals surface area contributed by atoms with Crippen molar-refractivity contribution < 1.29 is 14.5 Å². The Balaban J connectivity index is 1.51. The zero-order valence-corrected chi connectivity index (χ0v) is 16.6. The van der Waals surface area contributed by atoms with Gasteiger partial charge in [0.1, 0.15) is 5.01 Å². The van der Waals surface area contributed by atoms with Gasteiger partial charge in [0.05, 0.1) is 10.7 Å². The number of aryl methyl sites for hydroxylation is 1. The van der Waals surface area contributed by atoms with Gasteiger partial charge in [-0.1, -0.05) is 34.4 Å². The molecule has 0 spiro atoms. The molecule has 3 aromatic rings. The summed E-state index contributed by atoms with van der Waals surface area (Å²) < 4.78 is 0.502. The largest absolute Gasteiger partial charge is 0.300 e. The topological polar surface area (TPSA) is 153 Å². The predicted octanol–water partition coefficient (Wildman–Crippen LogP) is 2.59. The third kappa shape index (κ3) is 5.28. The lowest BCUT2D eigenvalue weighted by Gasteiger charge is -2.00. The number of nitro groups is 1. The van der Waals surface area contributed by atoms with Crippen molar-refractivity contribution in [1.29, 1.82) is 0 Å². The van der Waals surface area contributed by atoms with Gasteiger partial charge >= 0.3 is 0 Å². The molecule has 0 aliphatic heterocycles. The van der Waals surface area contributed by atoms with Crippen molar-refractivity contribution in [2.45, 2.75) is 11.3 Å². The van der Waals surface area contributed by atoms with E-state index in [4.69, 9.17) is 0 Å². The summed E-state index contributed by atoms with van der Waals surface area (Å²) >= 11 is 3.55. The van der Waals surface area contributed by atoms with Crippen LogP contribution in [0, 0.1) is 17.0 Å². The Labute approximate surface area is 169 Å². The van der Waals surface area contributed by atoms with Crippen LogP contribution in [-0.4, -0.2) is 42.9 Å². The number of rotatable bonds is 7. The molecule has 0 unspecified atom stereocenters. The van der Waals surface area contributed by atoms with Crippen LogP contribution in [0.15, 0.2) is 28.6 Å². The minimum atomic E-state index is -0.543. The molecule has 0 saturated heterocycles. The molecule has 1 aromatic carbocycles. The Morgan fingerprint density at radius 2 is 1.75 bits per heavy atom. The van der Waals surface area contributed by atoms with Gasteiger partial charge in [-0.3, -0.25) is 30.3 Å². The molecule has 0 bridgehead atoms. The maximum absolute atomic E-state index is 12.2. The molecule has 0 fully saturated rings. The average Bonchev–Trinajstić information content (AvgIpc) is 3.28. The molecule has 2 N–H and O–H groups in total. The number of carbonyl (C=O) groups is 2. The second kappa shape index (κ2) is 8.81. The van der Waals surface area contributed by atoms with E-state index >= 15 is 0 Å². The summed E-state index contributed by atoms with van der Waals surface area (Å²) in [5.41, 5.74) is 0.148. The molecule has 0 aliphatic carbocycles. The number of non-ortho nitro benzene ring substituents is 1. The fourth-order valence-electron chi connectivity index (χ4n) is 1.85. The Morgan fingerprint density at radius 3 is 2.39 bits per heavy atom. The maximum Gasteiger partial charge on any atom is 0.269 e. The number of thioether (sulfide) groups is 1. The highest BCUT2D eigenvalue weighted by molar-refractivity contribution is 8.01. The minimum absolute atomic E-state index is 0.101. The zero-order valence-electron chi connectivity index (χ0n) is 14.1. The highest BCUT2D eigenvalue weighted by atomic mass is 32.2. The van der Waals surface area contributed by atoms with Crippen molar-refractivity contribution >= 4 is 62.2 Å². The van der Waals surface area contributed by atoms with Gasteiger partial charge in [-0.2, -0.15) is 0 Å². The predicted molar refractivity (Wildman–Crippen MR) is 105 cm³/mol. The normalized spacial score (nSPS) is 10.5. The van der Waals surface area contributed by atoms with Crippen LogP contribution < -0.4 is 10.6 Å². The van der Waals surface area contributed by atoms with Gasteiger partial charge in [-0.05, 0) is 19.1 Å². The first-order valence-electron chi connectivity index (χ1n) is 7.53. The standard InChI is InChI=1S/C14H11N7O4S3/c1-7-17-18-12(27-7)15-10(22)6-26-14-20-19-13(28-14)16-11(23)8-2-4-9(5-3-8)21(24)25/h2-5H,6H2,1H3,(H,15,18,22)(H,16,19,23). The molecule has 0 radical (unpaired) electrons. The second-order valence-corrected chi connectivity index (χ2v) is 8.48. The molecule has 11 nitrogen and oxygen atoms in total. The third-order valence-electron chi connectivity index (χ3n) is 3.07. The van der Waals surface area contributed by atoms with Crippen molar-refractivity contribution in [2.24, 2.45) is 0 Å². The summed E-state index contributed by atoms with van der Waals surface area (Å²) in [6, 6.07) is 5.19. The van der Waals surface area contributed by atoms with Gasteiger partial charge in [0, 0.05) is 17.7 Å². The number of aromatic nitrogens is 4. The highest BCUT2D eigenvalue weighted by Gasteiger charge is 2.14. The van der Waals surface area contributed by atoms with Gasteiger partial charge in [0.15, 0.2) is 4.34 Å². The van der Waals surface area contributed by atoms with Crippen LogP contribution in [0.25, 0.3) is 0 Å². The van der Waals surface area contributed by atoms with E-state index in [-0.39, 0.29) is 28.0 Å². The van der Waals surface area contributed by atoms with E-state index in [1.807, 2.05) is 0 Å². The number of nitrogens with one attached hydrogen (secondary N) is 2. The summed E-state index contributed by atoms with van der Waals surface area (Å²) in [5.74, 6) is -0.622. The Bertz CT molecular complexity index is 1020. The summed E-state index contributed by atoms with van der Waals surface area (Å²) in [7, 11) is 0. The molecule has 2 heterocycles. The molecule has 2 amide bonds. The van der Waals surface area contributed by atoms with Crippen LogP contribution in [0.3, 0.4) is 0 Å². The lowest BCUT2D eigenvalue weighted by Crippen LogP contribution is -2.13. The van der Waals surface area contributed by atoms with Crippen LogP contribution in [0.1, 0.15) is 15.4 Å². The molecular weight excluding hydrogens is 426 g/mol. The summed E-state index contributed by atoms with van der Waals surface area (Å²) in [4.78, 5) is 34.1. The summed E-state index contributed by atoms with van der Waals surface area (Å²) in [6.07, 6.45) is 0. The number of hydrogen-bond acceptors (Lipinski definition) is 11. The molecular formula is C14H11N7O4S3. The van der Waals surface area contributed by atoms with Gasteiger partial charge in [-0.25, -0.2) is 0 Å². The molecule has 2 aromatic heterocycles. The SMILES string of the molecule is Cc1nnc(NC(=O)CSc2nnc(NC(=O)c3ccc([N+](=O)[O-])cc3)s2)s1. The highest BCUT2D eigenvalue weighted by Crippen LogP contribution is 2.26. The second-order valence-electron chi connectivity index (χ2n) is 5.09. The Hall–Kier alpha value is -2.97. The first kappa shape index (κ1) is 19.8. The molecule has 144 valence electrons. The van der Waals surface area contributed by atoms with E-state index in [2.05, 4.69) is 31.0 Å². The average molecular weight is 437 g/mol. The molecule has 28 heavy (non-hydrogen) atoms. The quantitative estimate of drug-likeness (QED) is 0.246. The van der Waals surface area contributed by atoms with E-state index in [0.29, 0.717) is 9.47 Å². The van der Waals surface area contributed by atoms with Crippen LogP contribution in [0.5, 0.6) is 0 Å². The van der Waals surface area contributed by atoms with Crippen LogP contribution >= 0.6 is 34.4 Å². The van der Waals surface area contributed by atoms with Gasteiger partial charge < -0.3 is 0 Å². The third-order valence-corrected chi connectivity index (χ3v) is 5.79. The lowest BCUT2D eigenvalue weighted by molar-refractivity contribution is -0.384. The number of anilines is 2. The smallest absolute Gasteiger partial charge is 0.269 e. The van der Waals surface area contributed by atoms with Crippen molar-refractivity contribution in [1.82, 2.24) is 20.4 Å². The molecule has 0 atom stereocenters. The molecule has 3 rings (SSSR count). The van der Waals surface area contributed by atoms with E-state index < -0.39 is 10.8 Å². The number of nitrogens with zero attached hydrogens (tertiary/aromatic N) is 5. The first-order chi connectivity index (χ1) is 13.4. The number of carbonyl (C=O) groups excluding carboxylic acids is 2. The number of hydrogen-bond donors (Lipinski definition) is 2. The lowest BCUT2D eigenvalue weighted by atomic mass is 10.2. The minimum Gasteiger partial charge on any atom is -0.300 e. The van der Waals surface area contributed by atoms with Crippen molar-refractivity contribution in [3.63, 3.8) is 0 Å². The Morgan fingerprint density at radius 1 is 1.07 bits per heavy atom. The molecule has 0 saturated carbocycles. The van der Waals surface area contributed by atoms with E-state index in [9.17, 15) is 19.7 Å². The molecule has 0 aliphatic rings. The number of amides is 2. The summed E-state index contributed by atoms with van der Waals surface area (Å²) in [6.45, 7) is 1.79. The number of benzene rings is 1. The monoisotopic (exact) mass is 437 g/mol.